The Kier molecular flexibility index (Phi) is 6.84. The molecular formula is C22H18BrF3N2O3. The second-order valence-electron chi connectivity index (χ2n) is 6.73. The molecule has 0 saturated carbocycles. The van der Waals surface area contributed by atoms with Gasteiger partial charge < -0.3 is 15.0 Å². The summed E-state index contributed by atoms with van der Waals surface area (Å²) in [5.74, 6) is -0.789. The second-order valence-corrected chi connectivity index (χ2v) is 7.52. The second kappa shape index (κ2) is 9.38. The quantitative estimate of drug-likeness (QED) is 0.518. The van der Waals surface area contributed by atoms with Gasteiger partial charge >= 0.3 is 6.18 Å². The van der Waals surface area contributed by atoms with E-state index in [1.165, 1.54) is 19.2 Å². The fraction of sp³-hybridized carbons (Fsp3) is 0.182. The Labute approximate surface area is 184 Å². The first kappa shape index (κ1) is 22.6. The number of nitrogens with one attached hydrogen (secondary N) is 1. The summed E-state index contributed by atoms with van der Waals surface area (Å²) in [6.45, 7) is -0.757. The number of fused-ring (bicyclic) bond motifs is 1. The zero-order valence-corrected chi connectivity index (χ0v) is 18.0. The van der Waals surface area contributed by atoms with Gasteiger partial charge in [0.2, 0.25) is 5.91 Å². The SMILES string of the molecule is CN(CC(=O)Nc1ccccc1C(F)(F)F)C(=O)COc1ccc2ccccc2c1Br. The third kappa shape index (κ3) is 5.55. The molecule has 0 unspecified atom stereocenters. The fourth-order valence-corrected chi connectivity index (χ4v) is 3.52. The lowest BCUT2D eigenvalue weighted by atomic mass is 10.1. The van der Waals surface area contributed by atoms with Gasteiger partial charge in [-0.05, 0) is 44.9 Å². The first-order chi connectivity index (χ1) is 14.7. The molecule has 2 amide bonds. The average molecular weight is 495 g/mol. The molecule has 0 aromatic heterocycles. The molecular weight excluding hydrogens is 477 g/mol. The standard InChI is InChI=1S/C22H18BrF3N2O3/c1-28(12-19(29)27-17-9-5-4-8-16(17)22(24,25)26)20(30)13-31-18-11-10-14-6-2-3-7-15(14)21(18)23/h2-11H,12-13H2,1H3,(H,27,29). The van der Waals surface area contributed by atoms with Gasteiger partial charge in [0, 0.05) is 7.05 Å². The Bertz CT molecular complexity index is 1120. The molecule has 3 rings (SSSR count). The third-order valence-electron chi connectivity index (χ3n) is 4.49. The lowest BCUT2D eigenvalue weighted by Crippen LogP contribution is -2.37. The molecule has 3 aromatic carbocycles. The van der Waals surface area contributed by atoms with Crippen LogP contribution in [0.4, 0.5) is 18.9 Å². The number of benzene rings is 3. The molecule has 0 atom stereocenters. The highest BCUT2D eigenvalue weighted by Gasteiger charge is 2.33. The topological polar surface area (TPSA) is 58.6 Å². The highest BCUT2D eigenvalue weighted by atomic mass is 79.9. The summed E-state index contributed by atoms with van der Waals surface area (Å²) in [7, 11) is 1.37. The van der Waals surface area contributed by atoms with Gasteiger partial charge in [-0.2, -0.15) is 13.2 Å². The summed E-state index contributed by atoms with van der Waals surface area (Å²) in [6, 6.07) is 15.9. The van der Waals surface area contributed by atoms with E-state index in [1.807, 2.05) is 30.3 Å². The summed E-state index contributed by atoms with van der Waals surface area (Å²) in [4.78, 5) is 25.6. The molecule has 1 N–H and O–H groups in total. The van der Waals surface area contributed by atoms with Gasteiger partial charge in [0.1, 0.15) is 5.75 Å². The first-order valence-electron chi connectivity index (χ1n) is 9.17. The lowest BCUT2D eigenvalue weighted by molar-refractivity contribution is -0.137. The first-order valence-corrected chi connectivity index (χ1v) is 9.96. The molecule has 0 spiro atoms. The van der Waals surface area contributed by atoms with E-state index in [0.717, 1.165) is 27.8 Å². The molecule has 0 heterocycles. The van der Waals surface area contributed by atoms with E-state index >= 15 is 0 Å². The number of halogens is 4. The zero-order chi connectivity index (χ0) is 22.6. The summed E-state index contributed by atoms with van der Waals surface area (Å²) in [6.07, 6.45) is -4.60. The van der Waals surface area contributed by atoms with Crippen LogP contribution in [0.3, 0.4) is 0 Å². The van der Waals surface area contributed by atoms with Crippen LogP contribution < -0.4 is 10.1 Å². The number of amides is 2. The van der Waals surface area contributed by atoms with E-state index in [2.05, 4.69) is 21.2 Å². The van der Waals surface area contributed by atoms with E-state index in [-0.39, 0.29) is 12.3 Å². The number of ether oxygens (including phenoxy) is 1. The van der Waals surface area contributed by atoms with Crippen LogP contribution in [0, 0.1) is 0 Å². The molecule has 0 radical (unpaired) electrons. The van der Waals surface area contributed by atoms with Gasteiger partial charge in [0.25, 0.3) is 5.91 Å². The van der Waals surface area contributed by atoms with Crippen molar-refractivity contribution in [2.75, 3.05) is 25.5 Å². The average Bonchev–Trinajstić information content (AvgIpc) is 2.72. The molecule has 0 bridgehead atoms. The van der Waals surface area contributed by atoms with Gasteiger partial charge in [-0.3, -0.25) is 9.59 Å². The van der Waals surface area contributed by atoms with Crippen LogP contribution in [0.25, 0.3) is 10.8 Å². The van der Waals surface area contributed by atoms with Crippen molar-refractivity contribution in [3.63, 3.8) is 0 Å². The fourth-order valence-electron chi connectivity index (χ4n) is 2.91. The van der Waals surface area contributed by atoms with Gasteiger partial charge in [0.15, 0.2) is 6.61 Å². The summed E-state index contributed by atoms with van der Waals surface area (Å²) in [5, 5.41) is 4.13. The van der Waals surface area contributed by atoms with Crippen LogP contribution in [0.5, 0.6) is 5.75 Å². The maximum Gasteiger partial charge on any atom is 0.418 e. The van der Waals surface area contributed by atoms with E-state index < -0.39 is 30.1 Å². The van der Waals surface area contributed by atoms with Crippen molar-refractivity contribution >= 4 is 44.2 Å². The predicted octanol–water partition coefficient (Wildman–Crippen LogP) is 5.10. The van der Waals surface area contributed by atoms with E-state index in [9.17, 15) is 22.8 Å². The van der Waals surface area contributed by atoms with Gasteiger partial charge in [-0.15, -0.1) is 0 Å². The number of hydrogen-bond acceptors (Lipinski definition) is 3. The van der Waals surface area contributed by atoms with Crippen LogP contribution >= 0.6 is 15.9 Å². The number of hydrogen-bond donors (Lipinski definition) is 1. The number of para-hydroxylation sites is 1. The van der Waals surface area contributed by atoms with Crippen molar-refractivity contribution in [2.24, 2.45) is 0 Å². The molecule has 3 aromatic rings. The number of rotatable bonds is 6. The summed E-state index contributed by atoms with van der Waals surface area (Å²) >= 11 is 3.46. The third-order valence-corrected chi connectivity index (χ3v) is 5.31. The van der Waals surface area contributed by atoms with Crippen molar-refractivity contribution in [3.8, 4) is 5.75 Å². The maximum atomic E-state index is 13.0. The highest BCUT2D eigenvalue weighted by Crippen LogP contribution is 2.35. The Morgan fingerprint density at radius 2 is 1.71 bits per heavy atom. The van der Waals surface area contributed by atoms with Crippen LogP contribution in [0.15, 0.2) is 65.1 Å². The minimum atomic E-state index is -4.60. The molecule has 0 aliphatic rings. The van der Waals surface area contributed by atoms with Crippen molar-refractivity contribution in [1.29, 1.82) is 0 Å². The van der Waals surface area contributed by atoms with Crippen molar-refractivity contribution in [2.45, 2.75) is 6.18 Å². The minimum absolute atomic E-state index is 0.333. The number of carbonyl (C=O) groups is 2. The van der Waals surface area contributed by atoms with Crippen molar-refractivity contribution in [3.05, 3.63) is 70.7 Å². The smallest absolute Gasteiger partial charge is 0.418 e. The Morgan fingerprint density at radius 3 is 2.45 bits per heavy atom. The largest absolute Gasteiger partial charge is 0.483 e. The monoisotopic (exact) mass is 494 g/mol. The molecule has 5 nitrogen and oxygen atoms in total. The molecule has 31 heavy (non-hydrogen) atoms. The molecule has 0 saturated heterocycles. The number of carbonyl (C=O) groups excluding carboxylic acids is 2. The molecule has 0 aliphatic heterocycles. The number of alkyl halides is 3. The summed E-state index contributed by atoms with van der Waals surface area (Å²) in [5.41, 5.74) is -1.32. The van der Waals surface area contributed by atoms with Crippen LogP contribution in [0.2, 0.25) is 0 Å². The predicted molar refractivity (Wildman–Crippen MR) is 115 cm³/mol. The van der Waals surface area contributed by atoms with E-state index in [1.54, 1.807) is 6.07 Å². The van der Waals surface area contributed by atoms with E-state index in [0.29, 0.717) is 10.2 Å². The Morgan fingerprint density at radius 1 is 1.03 bits per heavy atom. The highest BCUT2D eigenvalue weighted by molar-refractivity contribution is 9.10. The van der Waals surface area contributed by atoms with Crippen LogP contribution in [-0.2, 0) is 15.8 Å². The summed E-state index contributed by atoms with van der Waals surface area (Å²) < 4.78 is 45.4. The van der Waals surface area contributed by atoms with Crippen molar-refractivity contribution < 1.29 is 27.5 Å². The van der Waals surface area contributed by atoms with E-state index in [4.69, 9.17) is 4.74 Å². The Hall–Kier alpha value is -3.07. The minimum Gasteiger partial charge on any atom is -0.483 e. The van der Waals surface area contributed by atoms with Crippen molar-refractivity contribution in [1.82, 2.24) is 4.90 Å². The number of anilines is 1. The zero-order valence-electron chi connectivity index (χ0n) is 16.4. The Balaban J connectivity index is 1.59. The van der Waals surface area contributed by atoms with Crippen LogP contribution in [-0.4, -0.2) is 36.9 Å². The lowest BCUT2D eigenvalue weighted by Gasteiger charge is -2.19. The maximum absolute atomic E-state index is 13.0. The molecule has 9 heteroatoms. The number of likely N-dealkylation sites (N-methyl/N-ethyl adjacent to an activating group) is 1. The molecule has 0 fully saturated rings. The van der Waals surface area contributed by atoms with Gasteiger partial charge in [-0.25, -0.2) is 0 Å². The van der Waals surface area contributed by atoms with Crippen LogP contribution in [0.1, 0.15) is 5.56 Å². The van der Waals surface area contributed by atoms with Gasteiger partial charge in [0.05, 0.1) is 22.3 Å². The normalized spacial score (nSPS) is 11.3. The van der Waals surface area contributed by atoms with Gasteiger partial charge in [-0.1, -0.05) is 42.5 Å². The molecule has 0 aliphatic carbocycles. The molecule has 162 valence electrons. The number of nitrogens with zero attached hydrogens (tertiary/aromatic N) is 1.